The van der Waals surface area contributed by atoms with Crippen LogP contribution in [0.25, 0.3) is 10.8 Å². The van der Waals surface area contributed by atoms with Crippen LogP contribution in [0.3, 0.4) is 0 Å². The maximum absolute atomic E-state index is 5.95. The summed E-state index contributed by atoms with van der Waals surface area (Å²) in [5.74, 6) is 0.787. The van der Waals surface area contributed by atoms with E-state index in [1.54, 1.807) is 0 Å². The molecule has 5 heteroatoms. The second-order valence-electron chi connectivity index (χ2n) is 6.50. The van der Waals surface area contributed by atoms with E-state index in [-0.39, 0.29) is 0 Å². The lowest BCUT2D eigenvalue weighted by Crippen LogP contribution is -2.05. The summed E-state index contributed by atoms with van der Waals surface area (Å²) in [5.41, 5.74) is 4.30. The molecule has 2 heterocycles. The molecule has 4 nitrogen and oxygen atoms in total. The fourth-order valence-corrected chi connectivity index (χ4v) is 3.24. The Labute approximate surface area is 163 Å². The van der Waals surface area contributed by atoms with Crippen LogP contribution in [0.1, 0.15) is 22.5 Å². The number of hydrogen-bond acceptors (Lipinski definition) is 4. The fraction of sp³-hybridized carbons (Fsp3) is 0.136. The molecule has 0 amide bonds. The average molecular weight is 375 g/mol. The third-order valence-electron chi connectivity index (χ3n) is 4.47. The first-order valence-corrected chi connectivity index (χ1v) is 9.21. The van der Waals surface area contributed by atoms with Crippen LogP contribution in [0.5, 0.6) is 0 Å². The Morgan fingerprint density at radius 3 is 2.44 bits per heavy atom. The van der Waals surface area contributed by atoms with Crippen molar-refractivity contribution in [2.24, 2.45) is 0 Å². The van der Waals surface area contributed by atoms with Crippen molar-refractivity contribution in [1.82, 2.24) is 15.2 Å². The Bertz CT molecular complexity index is 1080. The van der Waals surface area contributed by atoms with Gasteiger partial charge in [0.25, 0.3) is 0 Å². The summed E-state index contributed by atoms with van der Waals surface area (Å²) in [6, 6.07) is 20.1. The predicted octanol–water partition coefficient (Wildman–Crippen LogP) is 5.19. The monoisotopic (exact) mass is 374 g/mol. The number of halogens is 1. The number of anilines is 1. The molecule has 0 spiro atoms. The minimum atomic E-state index is 0.665. The van der Waals surface area contributed by atoms with E-state index in [2.05, 4.69) is 38.7 Å². The highest BCUT2D eigenvalue weighted by Gasteiger charge is 2.10. The van der Waals surface area contributed by atoms with Crippen molar-refractivity contribution < 1.29 is 0 Å². The second-order valence-corrected chi connectivity index (χ2v) is 6.94. The molecule has 2 aromatic carbocycles. The van der Waals surface area contributed by atoms with Crippen molar-refractivity contribution in [1.29, 1.82) is 0 Å². The van der Waals surface area contributed by atoms with E-state index in [9.17, 15) is 0 Å². The lowest BCUT2D eigenvalue weighted by atomic mass is 10.0. The van der Waals surface area contributed by atoms with Gasteiger partial charge in [-0.2, -0.15) is 5.10 Å². The minimum absolute atomic E-state index is 0.665. The van der Waals surface area contributed by atoms with Crippen molar-refractivity contribution in [3.05, 3.63) is 94.4 Å². The summed E-state index contributed by atoms with van der Waals surface area (Å²) in [6.45, 7) is 2.66. The van der Waals surface area contributed by atoms with Crippen LogP contribution in [-0.4, -0.2) is 15.2 Å². The first kappa shape index (κ1) is 17.4. The number of rotatable bonds is 5. The predicted molar refractivity (Wildman–Crippen MR) is 110 cm³/mol. The lowest BCUT2D eigenvalue weighted by molar-refractivity contribution is 0.945. The van der Waals surface area contributed by atoms with E-state index in [4.69, 9.17) is 11.6 Å². The zero-order chi connectivity index (χ0) is 18.6. The highest BCUT2D eigenvalue weighted by Crippen LogP contribution is 2.25. The van der Waals surface area contributed by atoms with Gasteiger partial charge in [0.2, 0.25) is 0 Å². The van der Waals surface area contributed by atoms with Crippen molar-refractivity contribution >= 4 is 28.2 Å². The molecule has 0 atom stereocenters. The number of nitrogens with one attached hydrogen (secondary N) is 1. The maximum atomic E-state index is 5.95. The summed E-state index contributed by atoms with van der Waals surface area (Å²) in [7, 11) is 0. The fourth-order valence-electron chi connectivity index (χ4n) is 3.12. The molecule has 27 heavy (non-hydrogen) atoms. The molecule has 0 radical (unpaired) electrons. The first-order chi connectivity index (χ1) is 13.2. The molecule has 134 valence electrons. The standard InChI is InChI=1S/C22H19ClN4/c1-15-12-17(10-11-24-15)13-21-19-4-2-3-5-20(19)22(27-26-21)25-14-16-6-8-18(23)9-7-16/h2-12H,13-14H2,1H3,(H,25,27). The maximum Gasteiger partial charge on any atom is 0.156 e. The average Bonchev–Trinajstić information content (AvgIpc) is 2.69. The molecule has 0 aliphatic heterocycles. The van der Waals surface area contributed by atoms with Crippen LogP contribution in [-0.2, 0) is 13.0 Å². The molecule has 0 saturated heterocycles. The normalized spacial score (nSPS) is 10.9. The van der Waals surface area contributed by atoms with Gasteiger partial charge in [-0.05, 0) is 42.3 Å². The number of benzene rings is 2. The molecule has 0 unspecified atom stereocenters. The molecule has 2 aromatic heterocycles. The second kappa shape index (κ2) is 7.72. The summed E-state index contributed by atoms with van der Waals surface area (Å²) >= 11 is 5.95. The molecular weight excluding hydrogens is 356 g/mol. The molecule has 4 aromatic rings. The minimum Gasteiger partial charge on any atom is -0.364 e. The van der Waals surface area contributed by atoms with Gasteiger partial charge in [0.05, 0.1) is 5.69 Å². The number of aryl methyl sites for hydroxylation is 1. The zero-order valence-electron chi connectivity index (χ0n) is 15.0. The quantitative estimate of drug-likeness (QED) is 0.522. The first-order valence-electron chi connectivity index (χ1n) is 8.83. The van der Waals surface area contributed by atoms with Crippen LogP contribution < -0.4 is 5.32 Å². The molecule has 0 bridgehead atoms. The highest BCUT2D eigenvalue weighted by atomic mass is 35.5. The molecule has 0 aliphatic rings. The Hall–Kier alpha value is -2.98. The van der Waals surface area contributed by atoms with E-state index < -0.39 is 0 Å². The van der Waals surface area contributed by atoms with E-state index in [1.807, 2.05) is 55.6 Å². The van der Waals surface area contributed by atoms with Gasteiger partial charge in [-0.1, -0.05) is 48.0 Å². The van der Waals surface area contributed by atoms with E-state index in [0.717, 1.165) is 45.0 Å². The van der Waals surface area contributed by atoms with Gasteiger partial charge >= 0.3 is 0 Å². The molecule has 0 saturated carbocycles. The Kier molecular flexibility index (Phi) is 4.99. The number of pyridine rings is 1. The van der Waals surface area contributed by atoms with Crippen LogP contribution in [0.15, 0.2) is 66.9 Å². The molecule has 0 fully saturated rings. The molecule has 1 N–H and O–H groups in total. The van der Waals surface area contributed by atoms with Gasteiger partial charge in [0, 0.05) is 40.7 Å². The number of hydrogen-bond donors (Lipinski definition) is 1. The van der Waals surface area contributed by atoms with Gasteiger partial charge in [-0.3, -0.25) is 4.98 Å². The lowest BCUT2D eigenvalue weighted by Gasteiger charge is -2.11. The number of fused-ring (bicyclic) bond motifs is 1. The van der Waals surface area contributed by atoms with Crippen molar-refractivity contribution in [3.63, 3.8) is 0 Å². The number of nitrogens with zero attached hydrogens (tertiary/aromatic N) is 3. The SMILES string of the molecule is Cc1cc(Cc2nnc(NCc3ccc(Cl)cc3)c3ccccc23)ccn1. The summed E-state index contributed by atoms with van der Waals surface area (Å²) in [6.07, 6.45) is 2.57. The largest absolute Gasteiger partial charge is 0.364 e. The molecular formula is C22H19ClN4. The van der Waals surface area contributed by atoms with Gasteiger partial charge < -0.3 is 5.32 Å². The van der Waals surface area contributed by atoms with Crippen LogP contribution in [0.2, 0.25) is 5.02 Å². The highest BCUT2D eigenvalue weighted by molar-refractivity contribution is 6.30. The summed E-state index contributed by atoms with van der Waals surface area (Å²) in [4.78, 5) is 4.26. The van der Waals surface area contributed by atoms with Crippen molar-refractivity contribution in [3.8, 4) is 0 Å². The van der Waals surface area contributed by atoms with Gasteiger partial charge in [-0.15, -0.1) is 5.10 Å². The zero-order valence-corrected chi connectivity index (χ0v) is 15.7. The van der Waals surface area contributed by atoms with E-state index in [1.165, 1.54) is 5.56 Å². The van der Waals surface area contributed by atoms with E-state index >= 15 is 0 Å². The van der Waals surface area contributed by atoms with Crippen molar-refractivity contribution in [2.45, 2.75) is 19.9 Å². The van der Waals surface area contributed by atoms with Gasteiger partial charge in [0.15, 0.2) is 5.82 Å². The third-order valence-corrected chi connectivity index (χ3v) is 4.72. The van der Waals surface area contributed by atoms with Crippen molar-refractivity contribution in [2.75, 3.05) is 5.32 Å². The van der Waals surface area contributed by atoms with E-state index in [0.29, 0.717) is 6.54 Å². The van der Waals surface area contributed by atoms with Gasteiger partial charge in [-0.25, -0.2) is 0 Å². The molecule has 0 aliphatic carbocycles. The van der Waals surface area contributed by atoms with Gasteiger partial charge in [0.1, 0.15) is 0 Å². The molecule has 4 rings (SSSR count). The Balaban J connectivity index is 1.62. The Morgan fingerprint density at radius 1 is 0.889 bits per heavy atom. The van der Waals surface area contributed by atoms with Crippen LogP contribution in [0.4, 0.5) is 5.82 Å². The summed E-state index contributed by atoms with van der Waals surface area (Å²) < 4.78 is 0. The van der Waals surface area contributed by atoms with Crippen LogP contribution in [0, 0.1) is 6.92 Å². The summed E-state index contributed by atoms with van der Waals surface area (Å²) in [5, 5.41) is 15.3. The topological polar surface area (TPSA) is 50.7 Å². The van der Waals surface area contributed by atoms with Crippen LogP contribution >= 0.6 is 11.6 Å². The smallest absolute Gasteiger partial charge is 0.156 e. The Morgan fingerprint density at radius 2 is 1.67 bits per heavy atom. The third kappa shape index (κ3) is 4.07. The number of aromatic nitrogens is 3.